The van der Waals surface area contributed by atoms with Crippen molar-refractivity contribution in [2.45, 2.75) is 84.5 Å². The zero-order valence-corrected chi connectivity index (χ0v) is 14.3. The molecule has 0 radical (unpaired) electrons. The fourth-order valence-corrected chi connectivity index (χ4v) is 2.88. The van der Waals surface area contributed by atoms with Crippen molar-refractivity contribution < 1.29 is 0 Å². The van der Waals surface area contributed by atoms with Gasteiger partial charge < -0.3 is 0 Å². The summed E-state index contributed by atoms with van der Waals surface area (Å²) in [5.41, 5.74) is 4.09. The van der Waals surface area contributed by atoms with E-state index in [0.717, 1.165) is 0 Å². The molecule has 0 atom stereocenters. The molecule has 0 unspecified atom stereocenters. The first kappa shape index (κ1) is 18.0. The van der Waals surface area contributed by atoms with Gasteiger partial charge in [0.2, 0.25) is 0 Å². The first-order valence-electron chi connectivity index (χ1n) is 9.00. The van der Waals surface area contributed by atoms with Crippen LogP contribution in [0.4, 0.5) is 0 Å². The van der Waals surface area contributed by atoms with Crippen LogP contribution in [0.2, 0.25) is 0 Å². The van der Waals surface area contributed by atoms with Gasteiger partial charge in [-0.2, -0.15) is 0 Å². The van der Waals surface area contributed by atoms with Gasteiger partial charge >= 0.3 is 0 Å². The molecule has 118 valence electrons. The van der Waals surface area contributed by atoms with Gasteiger partial charge in [0.25, 0.3) is 0 Å². The smallest absolute Gasteiger partial charge is 0.0230 e. The van der Waals surface area contributed by atoms with Crippen LogP contribution < -0.4 is 0 Å². The van der Waals surface area contributed by atoms with Gasteiger partial charge in [-0.25, -0.2) is 0 Å². The predicted octanol–water partition coefficient (Wildman–Crippen LogP) is 7.10. The van der Waals surface area contributed by atoms with Crippen molar-refractivity contribution in [3.8, 4) is 0 Å². The van der Waals surface area contributed by atoms with Gasteiger partial charge in [-0.05, 0) is 36.5 Å². The third-order valence-electron chi connectivity index (χ3n) is 4.38. The van der Waals surface area contributed by atoms with E-state index in [4.69, 9.17) is 0 Å². The summed E-state index contributed by atoms with van der Waals surface area (Å²) in [5, 5.41) is 0. The van der Waals surface area contributed by atoms with Crippen molar-refractivity contribution in [3.05, 3.63) is 41.5 Å². The molecule has 0 saturated heterocycles. The number of hydrogen-bond donors (Lipinski definition) is 0. The van der Waals surface area contributed by atoms with E-state index in [1.807, 2.05) is 6.08 Å². The second-order valence-electron chi connectivity index (χ2n) is 6.33. The minimum absolute atomic E-state index is 1.22. The van der Waals surface area contributed by atoms with Crippen molar-refractivity contribution in [3.63, 3.8) is 0 Å². The Bertz CT molecular complexity index is 389. The van der Waals surface area contributed by atoms with Crippen LogP contribution in [0.15, 0.2) is 24.8 Å². The summed E-state index contributed by atoms with van der Waals surface area (Å²) in [6, 6.07) is 6.80. The van der Waals surface area contributed by atoms with E-state index >= 15 is 0 Å². The van der Waals surface area contributed by atoms with Crippen molar-refractivity contribution in [1.29, 1.82) is 0 Å². The van der Waals surface area contributed by atoms with Crippen LogP contribution in [-0.4, -0.2) is 0 Å². The van der Waals surface area contributed by atoms with Crippen LogP contribution in [0.25, 0.3) is 6.08 Å². The lowest BCUT2D eigenvalue weighted by Crippen LogP contribution is -1.89. The summed E-state index contributed by atoms with van der Waals surface area (Å²) in [5.74, 6) is 0. The Morgan fingerprint density at radius 1 is 0.857 bits per heavy atom. The first-order chi connectivity index (χ1) is 10.3. The first-order valence-corrected chi connectivity index (χ1v) is 9.00. The van der Waals surface area contributed by atoms with Gasteiger partial charge in [0.05, 0.1) is 0 Å². The van der Waals surface area contributed by atoms with Gasteiger partial charge in [-0.15, -0.1) is 0 Å². The molecule has 0 aromatic heterocycles. The fraction of sp³-hybridized carbons (Fsp3) is 0.619. The molecule has 0 bridgehead atoms. The maximum atomic E-state index is 3.89. The average Bonchev–Trinajstić information content (AvgIpc) is 2.50. The SMILES string of the molecule is C=Cc1cc(CCCCCCCCCCCC)ccc1C. The highest BCUT2D eigenvalue weighted by Gasteiger charge is 1.98. The molecule has 21 heavy (non-hydrogen) atoms. The quantitative estimate of drug-likeness (QED) is 0.359. The minimum atomic E-state index is 1.22. The Morgan fingerprint density at radius 3 is 2.00 bits per heavy atom. The largest absolute Gasteiger partial charge is 0.0985 e. The van der Waals surface area contributed by atoms with E-state index in [9.17, 15) is 0 Å². The van der Waals surface area contributed by atoms with Gasteiger partial charge in [-0.3, -0.25) is 0 Å². The molecule has 0 nitrogen and oxygen atoms in total. The molecular formula is C21H34. The molecule has 0 aliphatic heterocycles. The third kappa shape index (κ3) is 8.09. The van der Waals surface area contributed by atoms with E-state index in [2.05, 4.69) is 38.6 Å². The second-order valence-corrected chi connectivity index (χ2v) is 6.33. The highest BCUT2D eigenvalue weighted by atomic mass is 14.0. The molecule has 1 aromatic carbocycles. The molecule has 0 amide bonds. The fourth-order valence-electron chi connectivity index (χ4n) is 2.88. The number of rotatable bonds is 12. The summed E-state index contributed by atoms with van der Waals surface area (Å²) in [6.07, 6.45) is 17.3. The summed E-state index contributed by atoms with van der Waals surface area (Å²) in [4.78, 5) is 0. The van der Waals surface area contributed by atoms with Gasteiger partial charge in [0.15, 0.2) is 0 Å². The molecule has 0 heterocycles. The lowest BCUT2D eigenvalue weighted by molar-refractivity contribution is 0.556. The summed E-state index contributed by atoms with van der Waals surface area (Å²) in [6.45, 7) is 8.33. The second kappa shape index (κ2) is 11.6. The molecule has 1 aromatic rings. The predicted molar refractivity (Wildman–Crippen MR) is 96.8 cm³/mol. The Kier molecular flexibility index (Phi) is 9.95. The molecule has 0 N–H and O–H groups in total. The van der Waals surface area contributed by atoms with Crippen LogP contribution in [-0.2, 0) is 6.42 Å². The number of unbranched alkanes of at least 4 members (excludes halogenated alkanes) is 9. The lowest BCUT2D eigenvalue weighted by Gasteiger charge is -2.06. The molecular weight excluding hydrogens is 252 g/mol. The van der Waals surface area contributed by atoms with E-state index in [1.165, 1.54) is 87.3 Å². The van der Waals surface area contributed by atoms with Crippen molar-refractivity contribution in [2.75, 3.05) is 0 Å². The molecule has 0 aliphatic rings. The molecule has 0 fully saturated rings. The molecule has 0 aliphatic carbocycles. The summed E-state index contributed by atoms with van der Waals surface area (Å²) < 4.78 is 0. The van der Waals surface area contributed by atoms with E-state index < -0.39 is 0 Å². The van der Waals surface area contributed by atoms with Crippen LogP contribution in [0.1, 0.15) is 87.8 Å². The van der Waals surface area contributed by atoms with Gasteiger partial charge in [0, 0.05) is 0 Å². The number of hydrogen-bond acceptors (Lipinski definition) is 0. The van der Waals surface area contributed by atoms with Crippen molar-refractivity contribution in [1.82, 2.24) is 0 Å². The Balaban J connectivity index is 2.03. The zero-order chi connectivity index (χ0) is 15.3. The van der Waals surface area contributed by atoms with Gasteiger partial charge in [-0.1, -0.05) is 95.6 Å². The molecule has 0 saturated carbocycles. The topological polar surface area (TPSA) is 0 Å². The average molecular weight is 287 g/mol. The van der Waals surface area contributed by atoms with Crippen LogP contribution in [0, 0.1) is 6.92 Å². The summed E-state index contributed by atoms with van der Waals surface area (Å²) >= 11 is 0. The molecule has 1 rings (SSSR count). The van der Waals surface area contributed by atoms with E-state index in [0.29, 0.717) is 0 Å². The maximum Gasteiger partial charge on any atom is -0.0230 e. The highest BCUT2D eigenvalue weighted by molar-refractivity contribution is 5.52. The van der Waals surface area contributed by atoms with Crippen LogP contribution in [0.3, 0.4) is 0 Å². The van der Waals surface area contributed by atoms with Crippen LogP contribution in [0.5, 0.6) is 0 Å². The maximum absolute atomic E-state index is 3.89. The Labute approximate surface area is 132 Å². The molecule has 0 spiro atoms. The Morgan fingerprint density at radius 2 is 1.43 bits per heavy atom. The molecule has 0 heteroatoms. The van der Waals surface area contributed by atoms with Crippen molar-refractivity contribution in [2.24, 2.45) is 0 Å². The van der Waals surface area contributed by atoms with Gasteiger partial charge in [0.1, 0.15) is 0 Å². The zero-order valence-electron chi connectivity index (χ0n) is 14.3. The highest BCUT2D eigenvalue weighted by Crippen LogP contribution is 2.16. The van der Waals surface area contributed by atoms with Crippen molar-refractivity contribution >= 4 is 6.08 Å². The minimum Gasteiger partial charge on any atom is -0.0985 e. The Hall–Kier alpha value is -1.04. The third-order valence-corrected chi connectivity index (χ3v) is 4.38. The van der Waals surface area contributed by atoms with E-state index in [1.54, 1.807) is 0 Å². The van der Waals surface area contributed by atoms with E-state index in [-0.39, 0.29) is 0 Å². The monoisotopic (exact) mass is 286 g/mol. The lowest BCUT2D eigenvalue weighted by atomic mass is 10.00. The normalized spacial score (nSPS) is 10.8. The summed E-state index contributed by atoms with van der Waals surface area (Å²) in [7, 11) is 0. The number of benzene rings is 1. The number of aryl methyl sites for hydroxylation is 2. The van der Waals surface area contributed by atoms with Crippen LogP contribution >= 0.6 is 0 Å². The standard InChI is InChI=1S/C21H34/c1-4-6-7-8-9-10-11-12-13-14-15-20-17-16-19(3)21(5-2)18-20/h5,16-18H,2,4,6-15H2,1,3H3.